The molecule has 35 heavy (non-hydrogen) atoms. The van der Waals surface area contributed by atoms with E-state index in [-0.39, 0.29) is 18.0 Å². The van der Waals surface area contributed by atoms with Crippen LogP contribution in [0.3, 0.4) is 0 Å². The van der Waals surface area contributed by atoms with Crippen molar-refractivity contribution in [2.24, 2.45) is 0 Å². The summed E-state index contributed by atoms with van der Waals surface area (Å²) in [6, 6.07) is 16.6. The summed E-state index contributed by atoms with van der Waals surface area (Å²) in [5, 5.41) is 12.8. The molecule has 5 nitrogen and oxygen atoms in total. The Hall–Kier alpha value is -4.08. The Morgan fingerprint density at radius 3 is 2.57 bits per heavy atom. The van der Waals surface area contributed by atoms with Crippen LogP contribution >= 0.6 is 11.6 Å². The van der Waals surface area contributed by atoms with Crippen molar-refractivity contribution in [3.05, 3.63) is 106 Å². The zero-order valence-electron chi connectivity index (χ0n) is 19.4. The van der Waals surface area contributed by atoms with E-state index < -0.39 is 5.91 Å². The van der Waals surface area contributed by atoms with Crippen molar-refractivity contribution in [2.45, 2.75) is 20.0 Å². The van der Waals surface area contributed by atoms with Crippen LogP contribution in [0.2, 0.25) is 5.02 Å². The summed E-state index contributed by atoms with van der Waals surface area (Å²) in [5.74, 6) is 0.0535. The summed E-state index contributed by atoms with van der Waals surface area (Å²) in [7, 11) is 1.50. The van der Waals surface area contributed by atoms with E-state index in [0.717, 1.165) is 16.7 Å². The van der Waals surface area contributed by atoms with E-state index in [1.807, 2.05) is 13.0 Å². The van der Waals surface area contributed by atoms with Gasteiger partial charge in [0.25, 0.3) is 5.91 Å². The Morgan fingerprint density at radius 1 is 1.20 bits per heavy atom. The molecule has 0 heterocycles. The number of aryl methyl sites for hydroxylation is 1. The van der Waals surface area contributed by atoms with Gasteiger partial charge in [-0.3, -0.25) is 4.79 Å². The van der Waals surface area contributed by atoms with Crippen LogP contribution in [0.15, 0.2) is 72.8 Å². The fourth-order valence-electron chi connectivity index (χ4n) is 3.31. The first-order chi connectivity index (χ1) is 16.8. The molecule has 0 aromatic heterocycles. The van der Waals surface area contributed by atoms with Crippen molar-refractivity contribution in [3.63, 3.8) is 0 Å². The lowest BCUT2D eigenvalue weighted by molar-refractivity contribution is -0.112. The van der Waals surface area contributed by atoms with Crippen molar-refractivity contribution in [1.82, 2.24) is 0 Å². The Balaban J connectivity index is 1.89. The first-order valence-corrected chi connectivity index (χ1v) is 11.1. The van der Waals surface area contributed by atoms with Crippen LogP contribution in [0.25, 0.3) is 6.08 Å². The SMILES string of the molecule is C=CCc1cc(/C=C(/C#N)C(=O)Nc2ccc(C)c(Cl)c2)cc(OC)c1OCc1ccc(F)cc1. The third kappa shape index (κ3) is 6.72. The summed E-state index contributed by atoms with van der Waals surface area (Å²) >= 11 is 6.13. The zero-order valence-corrected chi connectivity index (χ0v) is 20.2. The van der Waals surface area contributed by atoms with Crippen LogP contribution in [-0.4, -0.2) is 13.0 Å². The maximum atomic E-state index is 13.2. The summed E-state index contributed by atoms with van der Waals surface area (Å²) in [6.07, 6.45) is 3.66. The van der Waals surface area contributed by atoms with Crippen molar-refractivity contribution >= 4 is 29.3 Å². The molecular formula is C28H24ClFN2O3. The number of nitrogens with zero attached hydrogens (tertiary/aromatic N) is 1. The Morgan fingerprint density at radius 2 is 1.94 bits per heavy atom. The van der Waals surface area contributed by atoms with Crippen molar-refractivity contribution in [3.8, 4) is 17.6 Å². The molecule has 0 bridgehead atoms. The van der Waals surface area contributed by atoms with E-state index in [2.05, 4.69) is 11.9 Å². The molecule has 0 saturated heterocycles. The molecule has 0 spiro atoms. The van der Waals surface area contributed by atoms with Crippen LogP contribution in [0, 0.1) is 24.1 Å². The number of rotatable bonds is 9. The lowest BCUT2D eigenvalue weighted by atomic mass is 10.0. The number of ether oxygens (including phenoxy) is 2. The molecule has 0 fully saturated rings. The van der Waals surface area contributed by atoms with Crippen LogP contribution in [-0.2, 0) is 17.8 Å². The topological polar surface area (TPSA) is 71.4 Å². The number of allylic oxidation sites excluding steroid dienone is 1. The van der Waals surface area contributed by atoms with Crippen LogP contribution in [0.4, 0.5) is 10.1 Å². The number of carbonyl (C=O) groups is 1. The fourth-order valence-corrected chi connectivity index (χ4v) is 3.49. The molecule has 178 valence electrons. The Labute approximate surface area is 209 Å². The molecule has 1 N–H and O–H groups in total. The van der Waals surface area contributed by atoms with Crippen LogP contribution in [0.1, 0.15) is 22.3 Å². The van der Waals surface area contributed by atoms with E-state index in [1.165, 1.54) is 25.3 Å². The van der Waals surface area contributed by atoms with Gasteiger partial charge in [0.15, 0.2) is 11.5 Å². The lowest BCUT2D eigenvalue weighted by Gasteiger charge is -2.16. The van der Waals surface area contributed by atoms with Gasteiger partial charge < -0.3 is 14.8 Å². The number of carbonyl (C=O) groups excluding carboxylic acids is 1. The van der Waals surface area contributed by atoms with Gasteiger partial charge in [-0.15, -0.1) is 6.58 Å². The average Bonchev–Trinajstić information content (AvgIpc) is 2.85. The number of amides is 1. The number of hydrogen-bond donors (Lipinski definition) is 1. The normalized spacial score (nSPS) is 10.9. The Bertz CT molecular complexity index is 1310. The first kappa shape index (κ1) is 25.5. The standard InChI is InChI=1S/C28H24ClFN2O3/c1-4-5-21-12-20(13-22(16-31)28(33)32-24-11-6-18(2)25(29)15-24)14-26(34-3)27(21)35-17-19-7-9-23(30)10-8-19/h4,6-15H,1,5,17H2,2-3H3,(H,32,33)/b22-13-. The minimum absolute atomic E-state index is 0.0896. The molecule has 7 heteroatoms. The van der Waals surface area contributed by atoms with Gasteiger partial charge in [-0.25, -0.2) is 4.39 Å². The smallest absolute Gasteiger partial charge is 0.266 e. The number of hydrogen-bond acceptors (Lipinski definition) is 4. The average molecular weight is 491 g/mol. The molecule has 3 aromatic rings. The molecular weight excluding hydrogens is 467 g/mol. The van der Waals surface area contributed by atoms with E-state index in [4.69, 9.17) is 21.1 Å². The van der Waals surface area contributed by atoms with E-state index in [1.54, 1.807) is 48.5 Å². The molecule has 0 radical (unpaired) electrons. The van der Waals surface area contributed by atoms with Gasteiger partial charge >= 0.3 is 0 Å². The molecule has 0 atom stereocenters. The molecule has 0 saturated carbocycles. The van der Waals surface area contributed by atoms with Gasteiger partial charge in [0, 0.05) is 16.3 Å². The van der Waals surface area contributed by atoms with Gasteiger partial charge in [0.2, 0.25) is 0 Å². The Kier molecular flexibility index (Phi) is 8.66. The number of benzene rings is 3. The van der Waals surface area contributed by atoms with Crippen LogP contribution < -0.4 is 14.8 Å². The van der Waals surface area contributed by atoms with E-state index in [0.29, 0.717) is 34.2 Å². The highest BCUT2D eigenvalue weighted by Crippen LogP contribution is 2.35. The van der Waals surface area contributed by atoms with Gasteiger partial charge in [0.05, 0.1) is 7.11 Å². The molecule has 1 amide bonds. The fraction of sp³-hybridized carbons (Fsp3) is 0.143. The maximum Gasteiger partial charge on any atom is 0.266 e. The second kappa shape index (κ2) is 11.9. The molecule has 0 aliphatic rings. The van der Waals surface area contributed by atoms with Crippen molar-refractivity contribution < 1.29 is 18.7 Å². The third-order valence-corrected chi connectivity index (χ3v) is 5.55. The molecule has 0 aliphatic carbocycles. The van der Waals surface area contributed by atoms with Crippen molar-refractivity contribution in [2.75, 3.05) is 12.4 Å². The minimum Gasteiger partial charge on any atom is -0.493 e. The molecule has 3 rings (SSSR count). The minimum atomic E-state index is -0.562. The van der Waals surface area contributed by atoms with E-state index in [9.17, 15) is 14.4 Å². The molecule has 3 aromatic carbocycles. The summed E-state index contributed by atoms with van der Waals surface area (Å²) in [6.45, 7) is 5.86. The number of anilines is 1. The monoisotopic (exact) mass is 490 g/mol. The highest BCUT2D eigenvalue weighted by molar-refractivity contribution is 6.31. The molecule has 0 aliphatic heterocycles. The number of halogens is 2. The van der Waals surface area contributed by atoms with Crippen molar-refractivity contribution in [1.29, 1.82) is 5.26 Å². The summed E-state index contributed by atoms with van der Waals surface area (Å²) in [4.78, 5) is 12.7. The third-order valence-electron chi connectivity index (χ3n) is 5.14. The highest BCUT2D eigenvalue weighted by atomic mass is 35.5. The zero-order chi connectivity index (χ0) is 25.4. The second-order valence-corrected chi connectivity index (χ2v) is 8.11. The number of nitrogens with one attached hydrogen (secondary N) is 1. The van der Waals surface area contributed by atoms with Gasteiger partial charge in [-0.2, -0.15) is 5.26 Å². The second-order valence-electron chi connectivity index (χ2n) is 7.71. The van der Waals surface area contributed by atoms with Gasteiger partial charge in [-0.1, -0.05) is 35.9 Å². The van der Waals surface area contributed by atoms with Gasteiger partial charge in [-0.05, 0) is 72.5 Å². The van der Waals surface area contributed by atoms with Crippen LogP contribution in [0.5, 0.6) is 11.5 Å². The molecule has 0 unspecified atom stereocenters. The predicted molar refractivity (Wildman–Crippen MR) is 136 cm³/mol. The highest BCUT2D eigenvalue weighted by Gasteiger charge is 2.15. The summed E-state index contributed by atoms with van der Waals surface area (Å²) in [5.41, 5.74) is 3.41. The van der Waals surface area contributed by atoms with Gasteiger partial charge in [0.1, 0.15) is 24.1 Å². The maximum absolute atomic E-state index is 13.2. The number of methoxy groups -OCH3 is 1. The quantitative estimate of drug-likeness (QED) is 0.207. The lowest BCUT2D eigenvalue weighted by Crippen LogP contribution is -2.13. The summed E-state index contributed by atoms with van der Waals surface area (Å²) < 4.78 is 24.7. The predicted octanol–water partition coefficient (Wildman–Crippen LogP) is 6.65. The first-order valence-electron chi connectivity index (χ1n) is 10.7. The van der Waals surface area contributed by atoms with E-state index >= 15 is 0 Å². The largest absolute Gasteiger partial charge is 0.493 e. The number of nitriles is 1.